The molecule has 0 saturated carbocycles. The zero-order valence-electron chi connectivity index (χ0n) is 12.9. The van der Waals surface area contributed by atoms with Gasteiger partial charge in [0.05, 0.1) is 0 Å². The third-order valence-electron chi connectivity index (χ3n) is 3.34. The number of aromatic nitrogens is 2. The summed E-state index contributed by atoms with van der Waals surface area (Å²) in [4.78, 5) is 10.8. The van der Waals surface area contributed by atoms with Gasteiger partial charge in [-0.1, -0.05) is 24.6 Å². The van der Waals surface area contributed by atoms with Crippen LogP contribution in [0.15, 0.2) is 29.0 Å². The summed E-state index contributed by atoms with van der Waals surface area (Å²) in [5.41, 5.74) is 3.63. The largest absolute Gasteiger partial charge is 0.369 e. The first kappa shape index (κ1) is 15.8. The lowest BCUT2D eigenvalue weighted by molar-refractivity contribution is 0.958. The van der Waals surface area contributed by atoms with Crippen molar-refractivity contribution in [2.24, 2.45) is 0 Å². The van der Waals surface area contributed by atoms with E-state index in [9.17, 15) is 0 Å². The average Bonchev–Trinajstić information content (AvgIpc) is 2.45. The lowest BCUT2D eigenvalue weighted by atomic mass is 10.1. The smallest absolute Gasteiger partial charge is 0.152 e. The minimum absolute atomic E-state index is 0.832. The lowest BCUT2D eigenvalue weighted by Gasteiger charge is -2.22. The number of benzene rings is 1. The molecule has 5 heteroatoms. The maximum absolute atomic E-state index is 4.41. The van der Waals surface area contributed by atoms with E-state index in [1.165, 1.54) is 11.1 Å². The Bertz CT molecular complexity index is 628. The standard InChI is InChI=1S/C16H21BrN4/c1-5-8-18-15-14(17)16(20-10-19-15)21(4)13-7-6-11(2)9-12(13)3/h6-7,9-10H,5,8H2,1-4H3,(H,18,19,20). The van der Waals surface area contributed by atoms with Crippen LogP contribution in [0.4, 0.5) is 17.3 Å². The number of halogens is 1. The summed E-state index contributed by atoms with van der Waals surface area (Å²) in [6.07, 6.45) is 2.65. The van der Waals surface area contributed by atoms with Gasteiger partial charge in [-0.3, -0.25) is 0 Å². The Hall–Kier alpha value is -1.62. The van der Waals surface area contributed by atoms with Crippen molar-refractivity contribution in [2.45, 2.75) is 27.2 Å². The SMILES string of the molecule is CCCNc1ncnc(N(C)c2ccc(C)cc2C)c1Br. The number of aryl methyl sites for hydroxylation is 2. The van der Waals surface area contributed by atoms with Crippen LogP contribution in [-0.4, -0.2) is 23.6 Å². The van der Waals surface area contributed by atoms with E-state index in [1.54, 1.807) is 6.33 Å². The molecule has 21 heavy (non-hydrogen) atoms. The number of nitrogens with zero attached hydrogens (tertiary/aromatic N) is 3. The van der Waals surface area contributed by atoms with Crippen molar-refractivity contribution in [3.63, 3.8) is 0 Å². The molecule has 0 aliphatic carbocycles. The fraction of sp³-hybridized carbons (Fsp3) is 0.375. The lowest BCUT2D eigenvalue weighted by Crippen LogP contribution is -2.15. The summed E-state index contributed by atoms with van der Waals surface area (Å²) in [6.45, 7) is 7.24. The normalized spacial score (nSPS) is 10.5. The van der Waals surface area contributed by atoms with E-state index >= 15 is 0 Å². The Labute approximate surface area is 134 Å². The Balaban J connectivity index is 2.36. The summed E-state index contributed by atoms with van der Waals surface area (Å²) in [5.74, 6) is 1.69. The van der Waals surface area contributed by atoms with Gasteiger partial charge < -0.3 is 10.2 Å². The summed E-state index contributed by atoms with van der Waals surface area (Å²) in [7, 11) is 2.02. The highest BCUT2D eigenvalue weighted by atomic mass is 79.9. The number of anilines is 3. The first-order valence-electron chi connectivity index (χ1n) is 7.10. The van der Waals surface area contributed by atoms with E-state index in [1.807, 2.05) is 7.05 Å². The van der Waals surface area contributed by atoms with Crippen LogP contribution in [0, 0.1) is 13.8 Å². The second-order valence-electron chi connectivity index (χ2n) is 5.14. The van der Waals surface area contributed by atoms with Crippen molar-refractivity contribution in [3.05, 3.63) is 40.1 Å². The molecule has 0 amide bonds. The minimum atomic E-state index is 0.832. The second-order valence-corrected chi connectivity index (χ2v) is 5.93. The van der Waals surface area contributed by atoms with Gasteiger partial charge in [0.1, 0.15) is 16.6 Å². The molecule has 2 aromatic rings. The third-order valence-corrected chi connectivity index (χ3v) is 4.08. The number of rotatable bonds is 5. The van der Waals surface area contributed by atoms with Gasteiger partial charge in [-0.15, -0.1) is 0 Å². The average molecular weight is 349 g/mol. The zero-order chi connectivity index (χ0) is 15.4. The van der Waals surface area contributed by atoms with Crippen LogP contribution < -0.4 is 10.2 Å². The van der Waals surface area contributed by atoms with Crippen molar-refractivity contribution >= 4 is 33.3 Å². The maximum Gasteiger partial charge on any atom is 0.152 e. The van der Waals surface area contributed by atoms with E-state index in [-0.39, 0.29) is 0 Å². The molecule has 0 spiro atoms. The molecule has 2 rings (SSSR count). The summed E-state index contributed by atoms with van der Waals surface area (Å²) in [6, 6.07) is 6.42. The highest BCUT2D eigenvalue weighted by Crippen LogP contribution is 2.34. The number of nitrogens with one attached hydrogen (secondary N) is 1. The topological polar surface area (TPSA) is 41.1 Å². The molecule has 0 bridgehead atoms. The van der Waals surface area contributed by atoms with Crippen molar-refractivity contribution in [3.8, 4) is 0 Å². The van der Waals surface area contributed by atoms with E-state index in [0.717, 1.165) is 34.8 Å². The highest BCUT2D eigenvalue weighted by molar-refractivity contribution is 9.10. The number of hydrogen-bond donors (Lipinski definition) is 1. The molecule has 0 saturated heterocycles. The molecule has 0 unspecified atom stereocenters. The van der Waals surface area contributed by atoms with Crippen molar-refractivity contribution < 1.29 is 0 Å². The Morgan fingerprint density at radius 2 is 2.00 bits per heavy atom. The van der Waals surface area contributed by atoms with Crippen LogP contribution in [0.1, 0.15) is 24.5 Å². The summed E-state index contributed by atoms with van der Waals surface area (Å²) >= 11 is 3.62. The third kappa shape index (κ3) is 3.53. The van der Waals surface area contributed by atoms with Gasteiger partial charge in [-0.25, -0.2) is 9.97 Å². The predicted octanol–water partition coefficient (Wildman–Crippen LogP) is 4.45. The molecule has 0 aliphatic rings. The number of hydrogen-bond acceptors (Lipinski definition) is 4. The van der Waals surface area contributed by atoms with Gasteiger partial charge in [0.25, 0.3) is 0 Å². The first-order chi connectivity index (χ1) is 10.0. The van der Waals surface area contributed by atoms with E-state index in [0.29, 0.717) is 0 Å². The molecule has 112 valence electrons. The van der Waals surface area contributed by atoms with Crippen LogP contribution in [-0.2, 0) is 0 Å². The molecule has 1 heterocycles. The molecule has 0 atom stereocenters. The van der Waals surface area contributed by atoms with Crippen molar-refractivity contribution in [2.75, 3.05) is 23.8 Å². The summed E-state index contributed by atoms with van der Waals surface area (Å²) < 4.78 is 0.890. The molecule has 1 N–H and O–H groups in total. The highest BCUT2D eigenvalue weighted by Gasteiger charge is 2.15. The van der Waals surface area contributed by atoms with Crippen LogP contribution in [0.25, 0.3) is 0 Å². The maximum atomic E-state index is 4.41. The molecule has 0 fully saturated rings. The Morgan fingerprint density at radius 1 is 1.24 bits per heavy atom. The van der Waals surface area contributed by atoms with Gasteiger partial charge in [-0.05, 0) is 47.8 Å². The molecular formula is C16H21BrN4. The Kier molecular flexibility index (Phi) is 5.17. The predicted molar refractivity (Wildman–Crippen MR) is 92.5 cm³/mol. The molecule has 0 aliphatic heterocycles. The van der Waals surface area contributed by atoms with Crippen LogP contribution in [0.3, 0.4) is 0 Å². The zero-order valence-corrected chi connectivity index (χ0v) is 14.5. The molecule has 1 aromatic carbocycles. The van der Waals surface area contributed by atoms with E-state index in [2.05, 4.69) is 75.1 Å². The fourth-order valence-electron chi connectivity index (χ4n) is 2.26. The molecular weight excluding hydrogens is 328 g/mol. The van der Waals surface area contributed by atoms with Gasteiger partial charge in [-0.2, -0.15) is 0 Å². The fourth-order valence-corrected chi connectivity index (χ4v) is 2.87. The Morgan fingerprint density at radius 3 is 2.67 bits per heavy atom. The van der Waals surface area contributed by atoms with Gasteiger partial charge in [0.2, 0.25) is 0 Å². The van der Waals surface area contributed by atoms with Gasteiger partial charge in [0, 0.05) is 19.3 Å². The van der Waals surface area contributed by atoms with Gasteiger partial charge >= 0.3 is 0 Å². The van der Waals surface area contributed by atoms with Crippen LogP contribution in [0.2, 0.25) is 0 Å². The first-order valence-corrected chi connectivity index (χ1v) is 7.89. The molecule has 4 nitrogen and oxygen atoms in total. The second kappa shape index (κ2) is 6.89. The van der Waals surface area contributed by atoms with E-state index in [4.69, 9.17) is 0 Å². The quantitative estimate of drug-likeness (QED) is 0.866. The monoisotopic (exact) mass is 348 g/mol. The van der Waals surface area contributed by atoms with Crippen molar-refractivity contribution in [1.82, 2.24) is 9.97 Å². The minimum Gasteiger partial charge on any atom is -0.369 e. The molecule has 1 aromatic heterocycles. The summed E-state index contributed by atoms with van der Waals surface area (Å²) in [5, 5.41) is 3.31. The molecule has 0 radical (unpaired) electrons. The van der Waals surface area contributed by atoms with Crippen LogP contribution >= 0.6 is 15.9 Å². The van der Waals surface area contributed by atoms with Gasteiger partial charge in [0.15, 0.2) is 5.82 Å². The van der Waals surface area contributed by atoms with Crippen molar-refractivity contribution in [1.29, 1.82) is 0 Å². The van der Waals surface area contributed by atoms with E-state index < -0.39 is 0 Å². The van der Waals surface area contributed by atoms with Crippen LogP contribution in [0.5, 0.6) is 0 Å².